The molecule has 39 heavy (non-hydrogen) atoms. The number of carbonyl (C=O) groups is 2. The molecular weight excluding hydrogens is 608 g/mol. The van der Waals surface area contributed by atoms with E-state index in [4.69, 9.17) is 16.3 Å². The van der Waals surface area contributed by atoms with Crippen LogP contribution in [-0.4, -0.2) is 43.4 Å². The standard InChI is InChI=1S/C27H18BrClN4O5S/c1-12-21(32-8-4-3-5-19(32)30-12)24(35)20-22(13-9-15(28)23(34)17(10-13)38-2)33(26(37)25(20)36)27-31-16-7-6-14(29)11-18(16)39-27/h3-11,22,34-35H,1-2H3/b24-20+. The molecule has 0 bridgehead atoms. The molecule has 2 N–H and O–H groups in total. The Morgan fingerprint density at radius 1 is 1.15 bits per heavy atom. The van der Waals surface area contributed by atoms with Gasteiger partial charge in [-0.15, -0.1) is 0 Å². The molecule has 6 rings (SSSR count). The van der Waals surface area contributed by atoms with Crippen LogP contribution in [0.15, 0.2) is 64.8 Å². The number of Topliss-reactive ketones (excluding diaryl/α,β-unsaturated/α-hetero) is 1. The third-order valence-corrected chi connectivity index (χ3v) is 8.36. The summed E-state index contributed by atoms with van der Waals surface area (Å²) in [6.07, 6.45) is 1.72. The van der Waals surface area contributed by atoms with Crippen LogP contribution in [0.2, 0.25) is 5.02 Å². The fraction of sp³-hybridized carbons (Fsp3) is 0.111. The van der Waals surface area contributed by atoms with E-state index in [1.54, 1.807) is 53.9 Å². The molecule has 0 aliphatic carbocycles. The van der Waals surface area contributed by atoms with Gasteiger partial charge < -0.3 is 14.9 Å². The monoisotopic (exact) mass is 624 g/mol. The maximum atomic E-state index is 13.7. The van der Waals surface area contributed by atoms with Crippen molar-refractivity contribution in [3.8, 4) is 11.5 Å². The van der Waals surface area contributed by atoms with E-state index in [-0.39, 0.29) is 38.1 Å². The number of carbonyl (C=O) groups excluding carboxylic acids is 2. The molecule has 5 aromatic rings. The average molecular weight is 626 g/mol. The van der Waals surface area contributed by atoms with E-state index in [9.17, 15) is 19.8 Å². The molecule has 1 fully saturated rings. The molecule has 0 radical (unpaired) electrons. The van der Waals surface area contributed by atoms with Crippen LogP contribution in [0, 0.1) is 6.92 Å². The Bertz CT molecular complexity index is 1880. The number of anilines is 1. The number of pyridine rings is 1. The van der Waals surface area contributed by atoms with Crippen LogP contribution in [0.5, 0.6) is 11.5 Å². The lowest BCUT2D eigenvalue weighted by Gasteiger charge is -2.24. The predicted octanol–water partition coefficient (Wildman–Crippen LogP) is 6.01. The van der Waals surface area contributed by atoms with Gasteiger partial charge in [0.2, 0.25) is 0 Å². The summed E-state index contributed by atoms with van der Waals surface area (Å²) in [4.78, 5) is 37.6. The predicted molar refractivity (Wildman–Crippen MR) is 152 cm³/mol. The molecule has 196 valence electrons. The number of hydrogen-bond acceptors (Lipinski definition) is 8. The van der Waals surface area contributed by atoms with Crippen molar-refractivity contribution in [1.29, 1.82) is 0 Å². The van der Waals surface area contributed by atoms with Crippen molar-refractivity contribution < 1.29 is 24.5 Å². The Hall–Kier alpha value is -3.93. The number of aliphatic hydroxyl groups is 1. The number of methoxy groups -OCH3 is 1. The van der Waals surface area contributed by atoms with Gasteiger partial charge in [0.1, 0.15) is 11.3 Å². The normalized spacial score (nSPS) is 17.0. The first-order valence-corrected chi connectivity index (χ1v) is 13.6. The minimum absolute atomic E-state index is 0.118. The zero-order valence-corrected chi connectivity index (χ0v) is 23.5. The van der Waals surface area contributed by atoms with Crippen molar-refractivity contribution in [1.82, 2.24) is 14.4 Å². The average Bonchev–Trinajstić information content (AvgIpc) is 3.55. The molecule has 12 heteroatoms. The Labute approximate surface area is 238 Å². The van der Waals surface area contributed by atoms with E-state index < -0.39 is 17.7 Å². The Kier molecular flexibility index (Phi) is 6.09. The van der Waals surface area contributed by atoms with Gasteiger partial charge in [-0.2, -0.15) is 0 Å². The van der Waals surface area contributed by atoms with E-state index in [0.29, 0.717) is 27.4 Å². The van der Waals surface area contributed by atoms with Crippen LogP contribution in [0.3, 0.4) is 0 Å². The quantitative estimate of drug-likeness (QED) is 0.143. The second-order valence-corrected chi connectivity index (χ2v) is 11.1. The summed E-state index contributed by atoms with van der Waals surface area (Å²) in [7, 11) is 1.39. The van der Waals surface area contributed by atoms with Gasteiger partial charge in [-0.1, -0.05) is 29.0 Å². The van der Waals surface area contributed by atoms with Gasteiger partial charge in [0, 0.05) is 11.2 Å². The van der Waals surface area contributed by atoms with Crippen LogP contribution in [0.25, 0.3) is 21.6 Å². The van der Waals surface area contributed by atoms with E-state index in [0.717, 1.165) is 4.70 Å². The maximum absolute atomic E-state index is 13.7. The van der Waals surface area contributed by atoms with Gasteiger partial charge in [0.05, 0.1) is 39.1 Å². The molecular formula is C27H18BrClN4O5S. The molecule has 4 heterocycles. The number of hydrogen-bond donors (Lipinski definition) is 2. The number of aliphatic hydroxyl groups excluding tert-OH is 1. The number of halogens is 2. The third kappa shape index (κ3) is 3.96. The number of amides is 1. The number of aromatic hydroxyl groups is 1. The fourth-order valence-electron chi connectivity index (χ4n) is 4.77. The lowest BCUT2D eigenvalue weighted by atomic mass is 9.96. The highest BCUT2D eigenvalue weighted by atomic mass is 79.9. The number of phenolic OH excluding ortho intramolecular Hbond substituents is 1. The van der Waals surface area contributed by atoms with Gasteiger partial charge in [0.15, 0.2) is 22.4 Å². The first-order chi connectivity index (χ1) is 18.7. The van der Waals surface area contributed by atoms with E-state index in [1.807, 2.05) is 6.07 Å². The highest BCUT2D eigenvalue weighted by Crippen LogP contribution is 2.47. The smallest absolute Gasteiger partial charge is 0.301 e. The number of thiazole rings is 1. The van der Waals surface area contributed by atoms with Gasteiger partial charge in [0.25, 0.3) is 5.78 Å². The minimum Gasteiger partial charge on any atom is -0.505 e. The first kappa shape index (κ1) is 25.4. The molecule has 0 saturated carbocycles. The van der Waals surface area contributed by atoms with E-state index in [2.05, 4.69) is 25.9 Å². The van der Waals surface area contributed by atoms with Crippen molar-refractivity contribution >= 4 is 77.3 Å². The number of ketones is 1. The molecule has 1 atom stereocenters. The second kappa shape index (κ2) is 9.37. The first-order valence-electron chi connectivity index (χ1n) is 11.6. The summed E-state index contributed by atoms with van der Waals surface area (Å²) >= 11 is 10.7. The highest BCUT2D eigenvalue weighted by molar-refractivity contribution is 9.10. The number of aryl methyl sites for hydroxylation is 1. The Morgan fingerprint density at radius 2 is 1.95 bits per heavy atom. The van der Waals surface area contributed by atoms with Crippen LogP contribution in [0.4, 0.5) is 5.13 Å². The number of nitrogens with zero attached hydrogens (tertiary/aromatic N) is 4. The van der Waals surface area contributed by atoms with Gasteiger partial charge in [-0.3, -0.25) is 18.9 Å². The van der Waals surface area contributed by atoms with Gasteiger partial charge >= 0.3 is 5.91 Å². The zero-order chi connectivity index (χ0) is 27.6. The zero-order valence-electron chi connectivity index (χ0n) is 20.3. The van der Waals surface area contributed by atoms with Crippen LogP contribution < -0.4 is 9.64 Å². The number of benzene rings is 2. The summed E-state index contributed by atoms with van der Waals surface area (Å²) < 4.78 is 8.00. The molecule has 1 unspecified atom stereocenters. The van der Waals surface area contributed by atoms with E-state index >= 15 is 0 Å². The number of fused-ring (bicyclic) bond motifs is 2. The second-order valence-electron chi connectivity index (χ2n) is 8.81. The number of aromatic nitrogens is 3. The van der Waals surface area contributed by atoms with Crippen LogP contribution in [0.1, 0.15) is 23.0 Å². The minimum atomic E-state index is -1.10. The lowest BCUT2D eigenvalue weighted by molar-refractivity contribution is -0.132. The number of ether oxygens (including phenoxy) is 1. The largest absolute Gasteiger partial charge is 0.505 e. The Morgan fingerprint density at radius 3 is 2.72 bits per heavy atom. The van der Waals surface area contributed by atoms with Gasteiger partial charge in [-0.05, 0) is 70.9 Å². The van der Waals surface area contributed by atoms with Gasteiger partial charge in [-0.25, -0.2) is 9.97 Å². The van der Waals surface area contributed by atoms with Crippen molar-refractivity contribution in [3.63, 3.8) is 0 Å². The van der Waals surface area contributed by atoms with Crippen molar-refractivity contribution in [2.24, 2.45) is 0 Å². The molecule has 3 aromatic heterocycles. The topological polar surface area (TPSA) is 117 Å². The number of rotatable bonds is 4. The fourth-order valence-corrected chi connectivity index (χ4v) is 6.50. The molecule has 1 aliphatic rings. The highest BCUT2D eigenvalue weighted by Gasteiger charge is 2.49. The van der Waals surface area contributed by atoms with Crippen LogP contribution in [-0.2, 0) is 9.59 Å². The van der Waals surface area contributed by atoms with Crippen LogP contribution >= 0.6 is 38.9 Å². The molecule has 1 amide bonds. The number of imidazole rings is 1. The molecule has 1 saturated heterocycles. The molecule has 1 aliphatic heterocycles. The lowest BCUT2D eigenvalue weighted by Crippen LogP contribution is -2.29. The molecule has 9 nitrogen and oxygen atoms in total. The van der Waals surface area contributed by atoms with E-state index in [1.165, 1.54) is 29.4 Å². The molecule has 0 spiro atoms. The summed E-state index contributed by atoms with van der Waals surface area (Å²) in [5.41, 5.74) is 2.19. The van der Waals surface area contributed by atoms with Crippen molar-refractivity contribution in [2.75, 3.05) is 12.0 Å². The number of phenols is 1. The summed E-state index contributed by atoms with van der Waals surface area (Å²) in [6.45, 7) is 1.71. The summed E-state index contributed by atoms with van der Waals surface area (Å²) in [5.74, 6) is -2.16. The van der Waals surface area contributed by atoms with Crippen molar-refractivity contribution in [3.05, 3.63) is 86.7 Å². The summed E-state index contributed by atoms with van der Waals surface area (Å²) in [6, 6.07) is 12.5. The summed E-state index contributed by atoms with van der Waals surface area (Å²) in [5, 5.41) is 22.9. The van der Waals surface area contributed by atoms with Crippen molar-refractivity contribution in [2.45, 2.75) is 13.0 Å². The molecule has 2 aromatic carbocycles. The maximum Gasteiger partial charge on any atom is 0.301 e. The Balaban J connectivity index is 1.65. The third-order valence-electron chi connectivity index (χ3n) is 6.50. The SMILES string of the molecule is COc1cc(C2/C(=C(\O)c3c(C)nc4ccccn34)C(=O)C(=O)N2c2nc3ccc(Cl)cc3s2)cc(Br)c1O.